The summed E-state index contributed by atoms with van der Waals surface area (Å²) in [6.45, 7) is 2.41. The highest BCUT2D eigenvalue weighted by molar-refractivity contribution is 5.50. The van der Waals surface area contributed by atoms with Gasteiger partial charge in [0.05, 0.1) is 7.11 Å². The van der Waals surface area contributed by atoms with Crippen LogP contribution in [0.3, 0.4) is 0 Å². The average Bonchev–Trinajstić information content (AvgIpc) is 2.88. The average molecular weight is 261 g/mol. The van der Waals surface area contributed by atoms with Gasteiger partial charge in [0.1, 0.15) is 5.75 Å². The van der Waals surface area contributed by atoms with Crippen LogP contribution < -0.4 is 4.74 Å². The fraction of sp³-hybridized carbons (Fsp3) is 0.500. The molecule has 1 fully saturated rings. The Morgan fingerprint density at radius 1 is 1.37 bits per heavy atom. The molecule has 0 unspecified atom stereocenters. The van der Waals surface area contributed by atoms with Gasteiger partial charge >= 0.3 is 0 Å². The van der Waals surface area contributed by atoms with E-state index in [0.29, 0.717) is 12.6 Å². The lowest BCUT2D eigenvalue weighted by Gasteiger charge is -2.21. The molecule has 1 aromatic carbocycles. The maximum atomic E-state index is 9.04. The van der Waals surface area contributed by atoms with Crippen molar-refractivity contribution in [3.8, 4) is 5.75 Å². The molecule has 0 spiro atoms. The quantitative estimate of drug-likeness (QED) is 0.854. The van der Waals surface area contributed by atoms with Crippen molar-refractivity contribution in [2.45, 2.75) is 25.3 Å². The van der Waals surface area contributed by atoms with Crippen molar-refractivity contribution in [3.05, 3.63) is 35.9 Å². The van der Waals surface area contributed by atoms with Crippen LogP contribution in [0.4, 0.5) is 0 Å². The van der Waals surface area contributed by atoms with Crippen molar-refractivity contribution in [1.82, 2.24) is 4.90 Å². The standard InChI is InChI=1S/C16H23NO2/c1-19-16-8-6-14(7-9-16)4-2-11-17-12-3-5-15(17)10-13-18/h2,4,6-9,15,18H,3,5,10-13H2,1H3/b4-2+/t15-/m0/s1. The topological polar surface area (TPSA) is 32.7 Å². The van der Waals surface area contributed by atoms with Gasteiger partial charge in [-0.15, -0.1) is 0 Å². The molecule has 1 heterocycles. The largest absolute Gasteiger partial charge is 0.497 e. The highest BCUT2D eigenvalue weighted by Gasteiger charge is 2.22. The number of nitrogens with zero attached hydrogens (tertiary/aromatic N) is 1. The zero-order valence-corrected chi connectivity index (χ0v) is 11.6. The fourth-order valence-corrected chi connectivity index (χ4v) is 2.65. The molecule has 104 valence electrons. The Bertz CT molecular complexity index is 400. The Hall–Kier alpha value is -1.32. The summed E-state index contributed by atoms with van der Waals surface area (Å²) in [6, 6.07) is 8.63. The Morgan fingerprint density at radius 2 is 2.16 bits per heavy atom. The molecule has 0 radical (unpaired) electrons. The molecule has 1 N–H and O–H groups in total. The number of benzene rings is 1. The van der Waals surface area contributed by atoms with Crippen molar-refractivity contribution in [2.24, 2.45) is 0 Å². The number of aliphatic hydroxyl groups excluding tert-OH is 1. The van der Waals surface area contributed by atoms with E-state index in [1.54, 1.807) is 7.11 Å². The first-order chi connectivity index (χ1) is 9.33. The molecule has 3 nitrogen and oxygen atoms in total. The van der Waals surface area contributed by atoms with Crippen LogP contribution in [0.2, 0.25) is 0 Å². The molecule has 2 rings (SSSR count). The van der Waals surface area contributed by atoms with Gasteiger partial charge in [-0.1, -0.05) is 24.3 Å². The summed E-state index contributed by atoms with van der Waals surface area (Å²) in [5.41, 5.74) is 1.19. The third-order valence-electron chi connectivity index (χ3n) is 3.73. The second-order valence-electron chi connectivity index (χ2n) is 4.98. The van der Waals surface area contributed by atoms with Crippen LogP contribution in [0, 0.1) is 0 Å². The van der Waals surface area contributed by atoms with Crippen molar-refractivity contribution in [1.29, 1.82) is 0 Å². The number of hydrogen-bond donors (Lipinski definition) is 1. The predicted molar refractivity (Wildman–Crippen MR) is 78.3 cm³/mol. The molecule has 1 saturated heterocycles. The van der Waals surface area contributed by atoms with Gasteiger partial charge in [-0.2, -0.15) is 0 Å². The minimum Gasteiger partial charge on any atom is -0.497 e. The summed E-state index contributed by atoms with van der Waals surface area (Å²) < 4.78 is 5.14. The molecule has 1 aliphatic rings. The zero-order chi connectivity index (χ0) is 13.5. The first kappa shape index (κ1) is 14.1. The van der Waals surface area contributed by atoms with Gasteiger partial charge in [0.15, 0.2) is 0 Å². The van der Waals surface area contributed by atoms with Crippen LogP contribution in [-0.4, -0.2) is 42.9 Å². The van der Waals surface area contributed by atoms with Crippen molar-refractivity contribution >= 4 is 6.08 Å². The van der Waals surface area contributed by atoms with Gasteiger partial charge < -0.3 is 9.84 Å². The van der Waals surface area contributed by atoms with Gasteiger partial charge in [-0.25, -0.2) is 0 Å². The molecule has 0 saturated carbocycles. The Kier molecular flexibility index (Phi) is 5.43. The van der Waals surface area contributed by atoms with Gasteiger partial charge in [0, 0.05) is 19.2 Å². The number of ether oxygens (including phenoxy) is 1. The summed E-state index contributed by atoms with van der Waals surface area (Å²) >= 11 is 0. The third kappa shape index (κ3) is 4.08. The Balaban J connectivity index is 1.84. The molecule has 1 aliphatic heterocycles. The highest BCUT2D eigenvalue weighted by atomic mass is 16.5. The minimum atomic E-state index is 0.295. The molecule has 0 bridgehead atoms. The van der Waals surface area contributed by atoms with Crippen molar-refractivity contribution in [3.63, 3.8) is 0 Å². The molecule has 19 heavy (non-hydrogen) atoms. The third-order valence-corrected chi connectivity index (χ3v) is 3.73. The van der Waals surface area contributed by atoms with Crippen LogP contribution in [0.1, 0.15) is 24.8 Å². The summed E-state index contributed by atoms with van der Waals surface area (Å²) in [7, 11) is 1.68. The van der Waals surface area contributed by atoms with Gasteiger partial charge in [0.2, 0.25) is 0 Å². The maximum Gasteiger partial charge on any atom is 0.118 e. The van der Waals surface area contributed by atoms with E-state index in [-0.39, 0.29) is 0 Å². The van der Waals surface area contributed by atoms with Gasteiger partial charge in [0.25, 0.3) is 0 Å². The van der Waals surface area contributed by atoms with Gasteiger partial charge in [-0.3, -0.25) is 4.90 Å². The second kappa shape index (κ2) is 7.31. The molecule has 1 aromatic rings. The maximum absolute atomic E-state index is 9.04. The molecule has 3 heteroatoms. The molecular weight excluding hydrogens is 238 g/mol. The Morgan fingerprint density at radius 3 is 2.84 bits per heavy atom. The molecular formula is C16H23NO2. The van der Waals surface area contributed by atoms with Crippen LogP contribution in [0.25, 0.3) is 6.08 Å². The van der Waals surface area contributed by atoms with E-state index in [4.69, 9.17) is 9.84 Å². The lowest BCUT2D eigenvalue weighted by molar-refractivity contribution is 0.208. The van der Waals surface area contributed by atoms with Crippen molar-refractivity contribution in [2.75, 3.05) is 26.8 Å². The molecule has 0 aliphatic carbocycles. The SMILES string of the molecule is COc1ccc(/C=C/CN2CCC[C@H]2CCO)cc1. The van der Waals surface area contributed by atoms with Crippen LogP contribution in [-0.2, 0) is 0 Å². The summed E-state index contributed by atoms with van der Waals surface area (Å²) in [4.78, 5) is 2.45. The molecule has 1 atom stereocenters. The zero-order valence-electron chi connectivity index (χ0n) is 11.6. The second-order valence-corrected chi connectivity index (χ2v) is 4.98. The first-order valence-corrected chi connectivity index (χ1v) is 6.99. The minimum absolute atomic E-state index is 0.295. The number of hydrogen-bond acceptors (Lipinski definition) is 3. The van der Waals surface area contributed by atoms with Crippen molar-refractivity contribution < 1.29 is 9.84 Å². The fourth-order valence-electron chi connectivity index (χ4n) is 2.65. The first-order valence-electron chi connectivity index (χ1n) is 6.99. The lowest BCUT2D eigenvalue weighted by Crippen LogP contribution is -2.30. The normalized spacial score (nSPS) is 20.2. The molecule has 0 amide bonds. The van der Waals surface area contributed by atoms with E-state index in [9.17, 15) is 0 Å². The number of rotatable bonds is 6. The van der Waals surface area contributed by atoms with E-state index < -0.39 is 0 Å². The van der Waals surface area contributed by atoms with E-state index in [1.165, 1.54) is 18.4 Å². The lowest BCUT2D eigenvalue weighted by atomic mass is 10.1. The van der Waals surface area contributed by atoms with Crippen LogP contribution in [0.5, 0.6) is 5.75 Å². The van der Waals surface area contributed by atoms with E-state index in [2.05, 4.69) is 29.2 Å². The van der Waals surface area contributed by atoms with E-state index in [1.807, 2.05) is 12.1 Å². The molecule has 0 aromatic heterocycles. The predicted octanol–water partition coefficient (Wildman–Crippen LogP) is 2.56. The summed E-state index contributed by atoms with van der Waals surface area (Å²) in [5.74, 6) is 0.889. The monoisotopic (exact) mass is 261 g/mol. The number of methoxy groups -OCH3 is 1. The number of likely N-dealkylation sites (tertiary alicyclic amines) is 1. The van der Waals surface area contributed by atoms with E-state index in [0.717, 1.165) is 25.3 Å². The summed E-state index contributed by atoms with van der Waals surface area (Å²) in [5, 5.41) is 9.04. The highest BCUT2D eigenvalue weighted by Crippen LogP contribution is 2.19. The number of aliphatic hydroxyl groups is 1. The smallest absolute Gasteiger partial charge is 0.118 e. The van der Waals surface area contributed by atoms with Gasteiger partial charge in [-0.05, 0) is 43.5 Å². The summed E-state index contributed by atoms with van der Waals surface area (Å²) in [6.07, 6.45) is 7.72. The van der Waals surface area contributed by atoms with E-state index >= 15 is 0 Å². The van der Waals surface area contributed by atoms with Crippen LogP contribution in [0.15, 0.2) is 30.3 Å². The van der Waals surface area contributed by atoms with Crippen LogP contribution >= 0.6 is 0 Å². The Labute approximate surface area is 115 Å².